The van der Waals surface area contributed by atoms with Crippen molar-refractivity contribution in [2.24, 2.45) is 7.05 Å². The van der Waals surface area contributed by atoms with Crippen molar-refractivity contribution >= 4 is 0 Å². The van der Waals surface area contributed by atoms with E-state index in [1.54, 1.807) is 0 Å². The molecule has 0 aliphatic heterocycles. The third-order valence-electron chi connectivity index (χ3n) is 1.06. The molecule has 0 saturated carbocycles. The molecule has 0 aliphatic carbocycles. The van der Waals surface area contributed by atoms with Gasteiger partial charge in [0.2, 0.25) is 0 Å². The van der Waals surface area contributed by atoms with Crippen LogP contribution in [0.5, 0.6) is 0 Å². The lowest BCUT2D eigenvalue weighted by Gasteiger charge is -1.97. The van der Waals surface area contributed by atoms with Crippen LogP contribution in [0.2, 0.25) is 0 Å². The van der Waals surface area contributed by atoms with E-state index in [0.29, 0.717) is 0 Å². The second-order valence-electron chi connectivity index (χ2n) is 1.95. The Morgan fingerprint density at radius 3 is 2.09 bits per heavy atom. The van der Waals surface area contributed by atoms with E-state index in [4.69, 9.17) is 0 Å². The largest absolute Gasteiger partial charge is 1.00 e. The lowest BCUT2D eigenvalue weighted by molar-refractivity contribution is -0.672. The monoisotopic (exact) mass is 186 g/mol. The molecule has 2 nitrogen and oxygen atoms in total. The van der Waals surface area contributed by atoms with Gasteiger partial charge in [-0.3, -0.25) is 0 Å². The van der Waals surface area contributed by atoms with Gasteiger partial charge in [0.05, 0.1) is 7.05 Å². The first kappa shape index (κ1) is 10.3. The smallest absolute Gasteiger partial charge is 0.567 e. The first-order valence-electron chi connectivity index (χ1n) is 2.60. The highest BCUT2D eigenvalue weighted by Gasteiger charge is 2.36. The number of nitrogens with zero attached hydrogens (tertiary/aromatic N) is 2. The maximum absolute atomic E-state index is 11.8. The third kappa shape index (κ3) is 2.42. The summed E-state index contributed by atoms with van der Waals surface area (Å²) >= 11 is 0. The standard InChI is InChI=1S/C5H6F3N2.ClH/c1-9-2-3-10(4-9)5(6,7)8;/h2-4H,1H3;1H/q+1;/p-1. The first-order valence-corrected chi connectivity index (χ1v) is 2.60. The maximum Gasteiger partial charge on any atom is 0.567 e. The minimum absolute atomic E-state index is 0. The Kier molecular flexibility index (Phi) is 2.92. The summed E-state index contributed by atoms with van der Waals surface area (Å²) in [6, 6.07) is 0. The van der Waals surface area contributed by atoms with Gasteiger partial charge < -0.3 is 12.4 Å². The second-order valence-corrected chi connectivity index (χ2v) is 1.95. The molecule has 0 N–H and O–H groups in total. The molecule has 1 rings (SSSR count). The first-order chi connectivity index (χ1) is 4.50. The summed E-state index contributed by atoms with van der Waals surface area (Å²) < 4.78 is 36.8. The molecular formula is C5H6ClF3N2. The fourth-order valence-electron chi connectivity index (χ4n) is 0.600. The lowest BCUT2D eigenvalue weighted by atomic mass is 10.9. The zero-order valence-corrected chi connectivity index (χ0v) is 6.39. The molecule has 0 amide bonds. The zero-order valence-electron chi connectivity index (χ0n) is 5.64. The van der Waals surface area contributed by atoms with Crippen molar-refractivity contribution < 1.29 is 30.1 Å². The number of hydrogen-bond donors (Lipinski definition) is 0. The van der Waals surface area contributed by atoms with Crippen molar-refractivity contribution in [3.8, 4) is 0 Å². The molecule has 0 bridgehead atoms. The molecule has 1 heterocycles. The Morgan fingerprint density at radius 2 is 1.91 bits per heavy atom. The van der Waals surface area contributed by atoms with Crippen LogP contribution in [-0.4, -0.2) is 4.57 Å². The van der Waals surface area contributed by atoms with Crippen molar-refractivity contribution in [1.82, 2.24) is 4.57 Å². The van der Waals surface area contributed by atoms with Crippen LogP contribution in [0, 0.1) is 0 Å². The normalized spacial score (nSPS) is 10.9. The molecule has 0 radical (unpaired) electrons. The van der Waals surface area contributed by atoms with Crippen LogP contribution in [0.25, 0.3) is 0 Å². The van der Waals surface area contributed by atoms with Gasteiger partial charge in [0.25, 0.3) is 6.33 Å². The summed E-state index contributed by atoms with van der Waals surface area (Å²) in [5, 5.41) is 0. The van der Waals surface area contributed by atoms with E-state index < -0.39 is 6.30 Å². The van der Waals surface area contributed by atoms with E-state index >= 15 is 0 Å². The summed E-state index contributed by atoms with van der Waals surface area (Å²) in [6.07, 6.45) is -1.05. The molecule has 0 aliphatic rings. The van der Waals surface area contributed by atoms with Crippen LogP contribution in [0.15, 0.2) is 18.7 Å². The van der Waals surface area contributed by atoms with Crippen LogP contribution in [-0.2, 0) is 13.3 Å². The molecular weight excluding hydrogens is 181 g/mol. The quantitative estimate of drug-likeness (QED) is 0.407. The summed E-state index contributed by atoms with van der Waals surface area (Å²) in [6.45, 7) is 0. The predicted octanol–water partition coefficient (Wildman–Crippen LogP) is -2.21. The number of hydrogen-bond acceptors (Lipinski definition) is 0. The Bertz CT molecular complexity index is 230. The molecule has 64 valence electrons. The van der Waals surface area contributed by atoms with E-state index in [-0.39, 0.29) is 17.0 Å². The number of aromatic nitrogens is 2. The third-order valence-corrected chi connectivity index (χ3v) is 1.06. The van der Waals surface area contributed by atoms with Crippen LogP contribution in [0.1, 0.15) is 0 Å². The number of imidazole rings is 1. The average molecular weight is 187 g/mol. The van der Waals surface area contributed by atoms with Crippen molar-refractivity contribution in [2.45, 2.75) is 6.30 Å². The van der Waals surface area contributed by atoms with Crippen LogP contribution in [0.4, 0.5) is 13.2 Å². The second kappa shape index (κ2) is 3.13. The van der Waals surface area contributed by atoms with Gasteiger partial charge in [-0.15, -0.1) is 17.7 Å². The molecule has 1 aromatic heterocycles. The molecule has 1 aromatic rings. The number of aryl methyl sites for hydroxylation is 1. The van der Waals surface area contributed by atoms with Gasteiger partial charge in [-0.2, -0.15) is 0 Å². The van der Waals surface area contributed by atoms with Gasteiger partial charge in [0.1, 0.15) is 12.4 Å². The highest BCUT2D eigenvalue weighted by molar-refractivity contribution is 4.68. The van der Waals surface area contributed by atoms with Gasteiger partial charge in [-0.05, 0) is 0 Å². The molecule has 0 saturated heterocycles. The van der Waals surface area contributed by atoms with E-state index in [1.807, 2.05) is 0 Å². The molecule has 0 spiro atoms. The van der Waals surface area contributed by atoms with E-state index in [0.717, 1.165) is 12.5 Å². The summed E-state index contributed by atoms with van der Waals surface area (Å²) in [7, 11) is 1.53. The molecule has 0 aromatic carbocycles. The fourth-order valence-corrected chi connectivity index (χ4v) is 0.600. The SMILES string of the molecule is C[n+]1ccn(C(F)(F)F)c1.[Cl-]. The van der Waals surface area contributed by atoms with Gasteiger partial charge >= 0.3 is 6.30 Å². The van der Waals surface area contributed by atoms with Crippen molar-refractivity contribution in [3.05, 3.63) is 18.7 Å². The van der Waals surface area contributed by atoms with E-state index in [1.165, 1.54) is 17.8 Å². The molecule has 0 atom stereocenters. The minimum Gasteiger partial charge on any atom is -1.00 e. The average Bonchev–Trinajstić information content (AvgIpc) is 2.11. The minimum atomic E-state index is -4.29. The van der Waals surface area contributed by atoms with Crippen LogP contribution < -0.4 is 17.0 Å². The maximum atomic E-state index is 11.8. The highest BCUT2D eigenvalue weighted by atomic mass is 35.5. The Balaban J connectivity index is 0.000001000. The number of alkyl halides is 3. The van der Waals surface area contributed by atoms with E-state index in [2.05, 4.69) is 0 Å². The van der Waals surface area contributed by atoms with Crippen molar-refractivity contribution in [1.29, 1.82) is 0 Å². The lowest BCUT2D eigenvalue weighted by Crippen LogP contribution is -3.00. The van der Waals surface area contributed by atoms with Crippen LogP contribution in [0.3, 0.4) is 0 Å². The molecule has 0 fully saturated rings. The van der Waals surface area contributed by atoms with Crippen molar-refractivity contribution in [3.63, 3.8) is 0 Å². The van der Waals surface area contributed by atoms with Gasteiger partial charge in [0, 0.05) is 0 Å². The Morgan fingerprint density at radius 1 is 1.36 bits per heavy atom. The zero-order chi connectivity index (χ0) is 7.78. The van der Waals surface area contributed by atoms with Gasteiger partial charge in [-0.25, -0.2) is 4.57 Å². The predicted molar refractivity (Wildman–Crippen MR) is 26.9 cm³/mol. The molecule has 11 heavy (non-hydrogen) atoms. The molecule has 6 heteroatoms. The van der Waals surface area contributed by atoms with Gasteiger partial charge in [-0.1, -0.05) is 0 Å². The van der Waals surface area contributed by atoms with E-state index in [9.17, 15) is 13.2 Å². The highest BCUT2D eigenvalue weighted by Crippen LogP contribution is 2.19. The van der Waals surface area contributed by atoms with Gasteiger partial charge in [0.15, 0.2) is 0 Å². The number of rotatable bonds is 0. The fraction of sp³-hybridized carbons (Fsp3) is 0.400. The number of halogens is 4. The topological polar surface area (TPSA) is 8.81 Å². The Hall–Kier alpha value is -0.710. The molecule has 0 unspecified atom stereocenters. The summed E-state index contributed by atoms with van der Waals surface area (Å²) in [4.78, 5) is 0. The van der Waals surface area contributed by atoms with Crippen molar-refractivity contribution in [2.75, 3.05) is 0 Å². The summed E-state index contributed by atoms with van der Waals surface area (Å²) in [5.74, 6) is 0. The Labute approximate surface area is 67.7 Å². The summed E-state index contributed by atoms with van der Waals surface area (Å²) in [5.41, 5.74) is 0. The van der Waals surface area contributed by atoms with Crippen LogP contribution >= 0.6 is 0 Å².